The Morgan fingerprint density at radius 1 is 1.16 bits per heavy atom. The van der Waals surface area contributed by atoms with E-state index >= 15 is 0 Å². The molecule has 0 saturated carbocycles. The number of benzene rings is 2. The number of aliphatic hydroxyl groups excluding tert-OH is 1. The first-order valence-corrected chi connectivity index (χ1v) is 6.71. The lowest BCUT2D eigenvalue weighted by molar-refractivity contribution is 0.176. The number of aliphatic hydroxyl groups is 1. The van der Waals surface area contributed by atoms with Crippen molar-refractivity contribution in [2.45, 2.75) is 12.5 Å². The predicted octanol–water partition coefficient (Wildman–Crippen LogP) is 4.66. The summed E-state index contributed by atoms with van der Waals surface area (Å²) in [6.07, 6.45) is -0.835. The van der Waals surface area contributed by atoms with Crippen molar-refractivity contribution in [1.82, 2.24) is 0 Å². The van der Waals surface area contributed by atoms with Crippen molar-refractivity contribution in [3.05, 3.63) is 68.7 Å². The molecule has 2 rings (SSSR count). The van der Waals surface area contributed by atoms with E-state index in [2.05, 4.69) is 15.9 Å². The van der Waals surface area contributed by atoms with E-state index in [9.17, 15) is 13.9 Å². The van der Waals surface area contributed by atoms with Gasteiger partial charge in [0.15, 0.2) is 0 Å². The molecule has 0 fully saturated rings. The van der Waals surface area contributed by atoms with Crippen LogP contribution in [0.3, 0.4) is 0 Å². The molecule has 0 aliphatic carbocycles. The molecule has 0 aliphatic heterocycles. The van der Waals surface area contributed by atoms with Crippen molar-refractivity contribution in [3.8, 4) is 0 Å². The Labute approximate surface area is 123 Å². The van der Waals surface area contributed by atoms with E-state index in [1.807, 2.05) is 0 Å². The van der Waals surface area contributed by atoms with Crippen molar-refractivity contribution in [1.29, 1.82) is 0 Å². The Morgan fingerprint density at radius 3 is 2.53 bits per heavy atom. The summed E-state index contributed by atoms with van der Waals surface area (Å²) in [6, 6.07) is 8.27. The third kappa shape index (κ3) is 3.53. The Bertz CT molecular complexity index is 604. The molecule has 0 aromatic heterocycles. The van der Waals surface area contributed by atoms with Crippen LogP contribution in [0.15, 0.2) is 40.9 Å². The van der Waals surface area contributed by atoms with Gasteiger partial charge in [-0.2, -0.15) is 0 Å². The van der Waals surface area contributed by atoms with Gasteiger partial charge < -0.3 is 5.11 Å². The summed E-state index contributed by atoms with van der Waals surface area (Å²) in [5.41, 5.74) is 0.865. The lowest BCUT2D eigenvalue weighted by Crippen LogP contribution is -2.04. The summed E-state index contributed by atoms with van der Waals surface area (Å²) < 4.78 is 26.9. The highest BCUT2D eigenvalue weighted by atomic mass is 79.9. The first-order valence-electron chi connectivity index (χ1n) is 5.54. The molecule has 19 heavy (non-hydrogen) atoms. The molecule has 100 valence electrons. The molecule has 1 unspecified atom stereocenters. The van der Waals surface area contributed by atoms with Crippen molar-refractivity contribution >= 4 is 27.5 Å². The molecule has 0 radical (unpaired) electrons. The lowest BCUT2D eigenvalue weighted by Gasteiger charge is -2.13. The monoisotopic (exact) mass is 346 g/mol. The molecule has 0 heterocycles. The maximum absolute atomic E-state index is 13.5. The van der Waals surface area contributed by atoms with Crippen LogP contribution in [0.25, 0.3) is 0 Å². The molecular formula is C14H10BrClF2O. The van der Waals surface area contributed by atoms with Gasteiger partial charge in [0.25, 0.3) is 0 Å². The smallest absolute Gasteiger partial charge is 0.129 e. The van der Waals surface area contributed by atoms with E-state index in [0.717, 1.165) is 6.07 Å². The fourth-order valence-electron chi connectivity index (χ4n) is 1.78. The van der Waals surface area contributed by atoms with Crippen LogP contribution in [0.2, 0.25) is 5.02 Å². The molecular weight excluding hydrogens is 338 g/mol. The summed E-state index contributed by atoms with van der Waals surface area (Å²) in [5.74, 6) is -1.30. The quantitative estimate of drug-likeness (QED) is 0.856. The van der Waals surface area contributed by atoms with E-state index < -0.39 is 17.7 Å². The van der Waals surface area contributed by atoms with Crippen LogP contribution in [-0.2, 0) is 6.42 Å². The maximum Gasteiger partial charge on any atom is 0.129 e. The van der Waals surface area contributed by atoms with Crippen molar-refractivity contribution in [2.24, 2.45) is 0 Å². The lowest BCUT2D eigenvalue weighted by atomic mass is 10.0. The molecule has 0 amide bonds. The molecule has 0 aliphatic rings. The summed E-state index contributed by atoms with van der Waals surface area (Å²) >= 11 is 9.10. The van der Waals surface area contributed by atoms with E-state index in [1.165, 1.54) is 12.1 Å². The SMILES string of the molecule is OC(Cc1ccc(F)cc1F)c1ccc(Cl)cc1Br. The molecule has 0 spiro atoms. The second kappa shape index (κ2) is 5.99. The van der Waals surface area contributed by atoms with Gasteiger partial charge in [0.1, 0.15) is 11.6 Å². The maximum atomic E-state index is 13.5. The molecule has 2 aromatic carbocycles. The number of halogens is 4. The van der Waals surface area contributed by atoms with Crippen LogP contribution in [0.4, 0.5) is 8.78 Å². The molecule has 1 nitrogen and oxygen atoms in total. The summed E-state index contributed by atoms with van der Waals surface area (Å²) in [7, 11) is 0. The average molecular weight is 348 g/mol. The van der Waals surface area contributed by atoms with Crippen LogP contribution < -0.4 is 0 Å². The highest BCUT2D eigenvalue weighted by molar-refractivity contribution is 9.10. The summed E-state index contributed by atoms with van der Waals surface area (Å²) in [6.45, 7) is 0. The summed E-state index contributed by atoms with van der Waals surface area (Å²) in [4.78, 5) is 0. The topological polar surface area (TPSA) is 20.2 Å². The number of hydrogen-bond acceptors (Lipinski definition) is 1. The zero-order valence-electron chi connectivity index (χ0n) is 9.71. The van der Waals surface area contributed by atoms with Gasteiger partial charge >= 0.3 is 0 Å². The van der Waals surface area contributed by atoms with Gasteiger partial charge in [-0.3, -0.25) is 0 Å². The van der Waals surface area contributed by atoms with Crippen LogP contribution in [-0.4, -0.2) is 5.11 Å². The Morgan fingerprint density at radius 2 is 1.89 bits per heavy atom. The van der Waals surface area contributed by atoms with Crippen LogP contribution in [0.5, 0.6) is 0 Å². The molecule has 0 saturated heterocycles. The number of rotatable bonds is 3. The van der Waals surface area contributed by atoms with Crippen molar-refractivity contribution in [3.63, 3.8) is 0 Å². The second-order valence-corrected chi connectivity index (χ2v) is 5.41. The minimum absolute atomic E-state index is 0.0619. The largest absolute Gasteiger partial charge is 0.388 e. The van der Waals surface area contributed by atoms with Gasteiger partial charge in [-0.25, -0.2) is 8.78 Å². The average Bonchev–Trinajstić information content (AvgIpc) is 2.32. The molecule has 2 aromatic rings. The minimum Gasteiger partial charge on any atom is -0.388 e. The standard InChI is InChI=1S/C14H10BrClF2O/c15-12-6-9(16)2-4-11(12)14(19)5-8-1-3-10(17)7-13(8)18/h1-4,6-7,14,19H,5H2. The predicted molar refractivity (Wildman–Crippen MR) is 74.2 cm³/mol. The third-order valence-corrected chi connectivity index (χ3v) is 3.67. The Hall–Kier alpha value is -0.970. The Kier molecular flexibility index (Phi) is 4.55. The Balaban J connectivity index is 2.23. The first-order chi connectivity index (χ1) is 8.97. The molecule has 0 bridgehead atoms. The van der Waals surface area contributed by atoms with Crippen LogP contribution in [0.1, 0.15) is 17.2 Å². The molecule has 1 N–H and O–H groups in total. The molecule has 1 atom stereocenters. The van der Waals surface area contributed by atoms with Crippen molar-refractivity contribution in [2.75, 3.05) is 0 Å². The number of hydrogen-bond donors (Lipinski definition) is 1. The highest BCUT2D eigenvalue weighted by Crippen LogP contribution is 2.29. The van der Waals surface area contributed by atoms with Gasteiger partial charge in [-0.15, -0.1) is 0 Å². The van der Waals surface area contributed by atoms with Crippen molar-refractivity contribution < 1.29 is 13.9 Å². The third-order valence-electron chi connectivity index (χ3n) is 2.75. The fraction of sp³-hybridized carbons (Fsp3) is 0.143. The van der Waals surface area contributed by atoms with Crippen LogP contribution >= 0.6 is 27.5 Å². The van der Waals surface area contributed by atoms with Gasteiger partial charge in [-0.1, -0.05) is 39.7 Å². The van der Waals surface area contributed by atoms with Gasteiger partial charge in [0.2, 0.25) is 0 Å². The molecule has 5 heteroatoms. The highest BCUT2D eigenvalue weighted by Gasteiger charge is 2.15. The van der Waals surface area contributed by atoms with E-state index in [4.69, 9.17) is 11.6 Å². The zero-order valence-corrected chi connectivity index (χ0v) is 12.0. The van der Waals surface area contributed by atoms with Gasteiger partial charge in [0.05, 0.1) is 6.10 Å². The van der Waals surface area contributed by atoms with Gasteiger partial charge in [0, 0.05) is 22.0 Å². The van der Waals surface area contributed by atoms with Gasteiger partial charge in [-0.05, 0) is 29.3 Å². The van der Waals surface area contributed by atoms with E-state index in [-0.39, 0.29) is 12.0 Å². The minimum atomic E-state index is -0.897. The van der Waals surface area contributed by atoms with E-state index in [0.29, 0.717) is 15.1 Å². The fourth-order valence-corrected chi connectivity index (χ4v) is 2.72. The zero-order chi connectivity index (χ0) is 14.0. The van der Waals surface area contributed by atoms with Crippen LogP contribution in [0, 0.1) is 11.6 Å². The normalized spacial score (nSPS) is 12.5. The van der Waals surface area contributed by atoms with E-state index in [1.54, 1.807) is 18.2 Å². The first kappa shape index (κ1) is 14.4. The second-order valence-electron chi connectivity index (χ2n) is 4.12. The summed E-state index contributed by atoms with van der Waals surface area (Å²) in [5, 5.41) is 10.6.